The Morgan fingerprint density at radius 1 is 0.973 bits per heavy atom. The van der Waals surface area contributed by atoms with E-state index in [9.17, 15) is 17.2 Å². The molecule has 0 amide bonds. The molecule has 2 heterocycles. The first-order chi connectivity index (χ1) is 17.7. The van der Waals surface area contributed by atoms with Crippen molar-refractivity contribution in [2.45, 2.75) is 11.4 Å². The monoisotopic (exact) mass is 603 g/mol. The lowest BCUT2D eigenvalue weighted by molar-refractivity contribution is 0.504. The molecule has 0 spiro atoms. The topological polar surface area (TPSA) is 88.4 Å². The summed E-state index contributed by atoms with van der Waals surface area (Å²) < 4.78 is 56.8. The largest absolute Gasteiger partial charge is 0.366 e. The molecule has 12 heteroatoms. The first kappa shape index (κ1) is 25.1. The number of nitrogens with one attached hydrogen (secondary N) is 2. The molecule has 0 fully saturated rings. The van der Waals surface area contributed by atoms with E-state index in [2.05, 4.69) is 36.1 Å². The molecule has 0 aliphatic carbocycles. The van der Waals surface area contributed by atoms with Crippen molar-refractivity contribution in [2.24, 2.45) is 0 Å². The molecule has 0 atom stereocenters. The van der Waals surface area contributed by atoms with Crippen LogP contribution < -0.4 is 10.0 Å². The fourth-order valence-corrected chi connectivity index (χ4v) is 5.31. The predicted octanol–water partition coefficient (Wildman–Crippen LogP) is 6.50. The van der Waals surface area contributed by atoms with E-state index in [0.29, 0.717) is 39.3 Å². The van der Waals surface area contributed by atoms with Gasteiger partial charge in [-0.05, 0) is 57.9 Å². The lowest BCUT2D eigenvalue weighted by atomic mass is 10.1. The smallest absolute Gasteiger partial charge is 0.261 e. The minimum atomic E-state index is -4.12. The highest BCUT2D eigenvalue weighted by atomic mass is 79.9. The van der Waals surface area contributed by atoms with Gasteiger partial charge in [0.25, 0.3) is 10.0 Å². The van der Waals surface area contributed by atoms with Crippen LogP contribution in [0.15, 0.2) is 88.4 Å². The second-order valence-corrected chi connectivity index (χ2v) is 10.9. The SMILES string of the molecule is O=S(=O)(Nc1cccc(CNc2cc(-c3ccccc3Cl)nc3c(Br)cnn23)c1)c1ccc(F)c(F)c1. The summed E-state index contributed by atoms with van der Waals surface area (Å²) in [5.74, 6) is -1.73. The Kier molecular flexibility index (Phi) is 6.84. The Bertz CT molecular complexity index is 1750. The molecule has 188 valence electrons. The molecule has 0 aliphatic heterocycles. The van der Waals surface area contributed by atoms with Gasteiger partial charge in [-0.2, -0.15) is 9.61 Å². The van der Waals surface area contributed by atoms with Gasteiger partial charge in [0.1, 0.15) is 5.82 Å². The van der Waals surface area contributed by atoms with Crippen LogP contribution in [0.2, 0.25) is 5.02 Å². The highest BCUT2D eigenvalue weighted by Crippen LogP contribution is 2.30. The third-order valence-corrected chi connectivity index (χ3v) is 7.70. The van der Waals surface area contributed by atoms with E-state index >= 15 is 0 Å². The molecule has 3 aromatic carbocycles. The summed E-state index contributed by atoms with van der Waals surface area (Å²) in [6, 6.07) is 18.3. The van der Waals surface area contributed by atoms with Crippen LogP contribution in [-0.2, 0) is 16.6 Å². The van der Waals surface area contributed by atoms with Crippen molar-refractivity contribution in [3.05, 3.63) is 106 Å². The van der Waals surface area contributed by atoms with Gasteiger partial charge >= 0.3 is 0 Å². The van der Waals surface area contributed by atoms with Crippen LogP contribution in [0.25, 0.3) is 16.9 Å². The molecule has 5 rings (SSSR count). The molecule has 37 heavy (non-hydrogen) atoms. The molecule has 0 saturated heterocycles. The van der Waals surface area contributed by atoms with E-state index in [-0.39, 0.29) is 10.6 Å². The summed E-state index contributed by atoms with van der Waals surface area (Å²) in [5.41, 5.74) is 3.02. The molecule has 0 radical (unpaired) electrons. The van der Waals surface area contributed by atoms with Gasteiger partial charge in [0, 0.05) is 28.9 Å². The second kappa shape index (κ2) is 10.1. The van der Waals surface area contributed by atoms with Crippen LogP contribution in [0.3, 0.4) is 0 Å². The maximum atomic E-state index is 13.5. The summed E-state index contributed by atoms with van der Waals surface area (Å²) in [5, 5.41) is 8.23. The maximum Gasteiger partial charge on any atom is 0.261 e. The molecule has 0 bridgehead atoms. The quantitative estimate of drug-likeness (QED) is 0.221. The van der Waals surface area contributed by atoms with Gasteiger partial charge in [-0.25, -0.2) is 22.2 Å². The average Bonchev–Trinajstić information content (AvgIpc) is 3.25. The average molecular weight is 605 g/mol. The van der Waals surface area contributed by atoms with Crippen molar-refractivity contribution >= 4 is 54.7 Å². The van der Waals surface area contributed by atoms with Gasteiger partial charge in [-0.15, -0.1) is 0 Å². The van der Waals surface area contributed by atoms with Crippen LogP contribution in [0, 0.1) is 11.6 Å². The van der Waals surface area contributed by atoms with Crippen LogP contribution >= 0.6 is 27.5 Å². The van der Waals surface area contributed by atoms with Crippen molar-refractivity contribution in [1.29, 1.82) is 0 Å². The van der Waals surface area contributed by atoms with Gasteiger partial charge in [0.2, 0.25) is 0 Å². The Balaban J connectivity index is 1.40. The third-order valence-electron chi connectivity index (χ3n) is 5.43. The first-order valence-corrected chi connectivity index (χ1v) is 13.5. The molecule has 0 saturated carbocycles. The van der Waals surface area contributed by atoms with Gasteiger partial charge in [0.05, 0.1) is 21.3 Å². The molecule has 7 nitrogen and oxygen atoms in total. The first-order valence-electron chi connectivity index (χ1n) is 10.8. The Morgan fingerprint density at radius 3 is 2.57 bits per heavy atom. The highest BCUT2D eigenvalue weighted by molar-refractivity contribution is 9.10. The van der Waals surface area contributed by atoms with Crippen LogP contribution in [0.5, 0.6) is 0 Å². The standard InChI is InChI=1S/C25H17BrClF2N5O2S/c26-19-14-31-34-24(12-23(32-25(19)34)18-6-1-2-7-20(18)27)30-13-15-4-3-5-16(10-15)33-37(35,36)17-8-9-21(28)22(29)11-17/h1-12,14,30,33H,13H2. The number of hydrogen-bond donors (Lipinski definition) is 2. The number of fused-ring (bicyclic) bond motifs is 1. The minimum Gasteiger partial charge on any atom is -0.366 e. The van der Waals surface area contributed by atoms with Crippen LogP contribution in [0.4, 0.5) is 20.3 Å². The number of nitrogens with zero attached hydrogens (tertiary/aromatic N) is 3. The van der Waals surface area contributed by atoms with Crippen molar-refractivity contribution in [3.63, 3.8) is 0 Å². The van der Waals surface area contributed by atoms with E-state index in [1.807, 2.05) is 30.3 Å². The number of anilines is 2. The number of aromatic nitrogens is 3. The summed E-state index contributed by atoms with van der Waals surface area (Å²) in [4.78, 5) is 4.29. The molecule has 0 unspecified atom stereocenters. The van der Waals surface area contributed by atoms with Gasteiger partial charge in [0.15, 0.2) is 17.3 Å². The van der Waals surface area contributed by atoms with Crippen LogP contribution in [0.1, 0.15) is 5.56 Å². The predicted molar refractivity (Wildman–Crippen MR) is 142 cm³/mol. The van der Waals surface area contributed by atoms with Gasteiger partial charge < -0.3 is 5.32 Å². The molecule has 2 N–H and O–H groups in total. The lowest BCUT2D eigenvalue weighted by Gasteiger charge is -2.13. The highest BCUT2D eigenvalue weighted by Gasteiger charge is 2.17. The zero-order chi connectivity index (χ0) is 26.2. The van der Waals surface area contributed by atoms with Gasteiger partial charge in [-0.1, -0.05) is 41.9 Å². The van der Waals surface area contributed by atoms with Crippen molar-refractivity contribution in [1.82, 2.24) is 14.6 Å². The van der Waals surface area contributed by atoms with Gasteiger partial charge in [-0.3, -0.25) is 4.72 Å². The fraction of sp³-hybridized carbons (Fsp3) is 0.0400. The Hall–Kier alpha value is -3.54. The zero-order valence-corrected chi connectivity index (χ0v) is 21.9. The zero-order valence-electron chi connectivity index (χ0n) is 18.8. The molecule has 2 aromatic heterocycles. The molecule has 0 aliphatic rings. The minimum absolute atomic E-state index is 0.266. The molecule has 5 aromatic rings. The van der Waals surface area contributed by atoms with E-state index in [1.54, 1.807) is 35.0 Å². The van der Waals surface area contributed by atoms with Crippen LogP contribution in [-0.4, -0.2) is 23.0 Å². The van der Waals surface area contributed by atoms with E-state index in [0.717, 1.165) is 23.3 Å². The third kappa shape index (κ3) is 5.29. The van der Waals surface area contributed by atoms with Crippen molar-refractivity contribution < 1.29 is 17.2 Å². The summed E-state index contributed by atoms with van der Waals surface area (Å²) in [6.07, 6.45) is 1.64. The lowest BCUT2D eigenvalue weighted by Crippen LogP contribution is -2.14. The van der Waals surface area contributed by atoms with Crippen molar-refractivity contribution in [2.75, 3.05) is 10.0 Å². The van der Waals surface area contributed by atoms with Crippen molar-refractivity contribution in [3.8, 4) is 11.3 Å². The Labute approximate surface area is 224 Å². The molecular weight excluding hydrogens is 588 g/mol. The summed E-state index contributed by atoms with van der Waals surface area (Å²) in [6.45, 7) is 0.319. The van der Waals surface area contributed by atoms with E-state index in [4.69, 9.17) is 11.6 Å². The Morgan fingerprint density at radius 2 is 1.78 bits per heavy atom. The maximum absolute atomic E-state index is 13.5. The molecular formula is C25H17BrClF2N5O2S. The number of rotatable bonds is 7. The normalized spacial score (nSPS) is 11.6. The number of hydrogen-bond acceptors (Lipinski definition) is 5. The number of sulfonamides is 1. The second-order valence-electron chi connectivity index (χ2n) is 7.97. The van der Waals surface area contributed by atoms with E-state index in [1.165, 1.54) is 0 Å². The summed E-state index contributed by atoms with van der Waals surface area (Å²) in [7, 11) is -4.12. The van der Waals surface area contributed by atoms with E-state index < -0.39 is 21.7 Å². The number of halogens is 4. The summed E-state index contributed by atoms with van der Waals surface area (Å²) >= 11 is 9.86. The number of benzene rings is 3. The fourth-order valence-electron chi connectivity index (χ4n) is 3.66.